The lowest BCUT2D eigenvalue weighted by Gasteiger charge is -2.34. The quantitative estimate of drug-likeness (QED) is 0.208. The smallest absolute Gasteiger partial charge is 0.411 e. The van der Waals surface area contributed by atoms with Crippen LogP contribution in [-0.4, -0.2) is 119 Å². The van der Waals surface area contributed by atoms with Crippen molar-refractivity contribution in [3.05, 3.63) is 53.1 Å². The number of carbonyl (C=O) groups excluding carboxylic acids is 1. The summed E-state index contributed by atoms with van der Waals surface area (Å²) in [5, 5.41) is 18.5. The van der Waals surface area contributed by atoms with E-state index >= 15 is 0 Å². The van der Waals surface area contributed by atoms with Crippen molar-refractivity contribution in [1.29, 1.82) is 0 Å². The van der Waals surface area contributed by atoms with E-state index in [-0.39, 0.29) is 34.9 Å². The number of ether oxygens (including phenoxy) is 1. The Kier molecular flexibility index (Phi) is 11.9. The first-order valence-corrected chi connectivity index (χ1v) is 24.8. The number of benzene rings is 2. The summed E-state index contributed by atoms with van der Waals surface area (Å²) in [6.07, 6.45) is 2.91. The van der Waals surface area contributed by atoms with Gasteiger partial charge in [0.1, 0.15) is 0 Å². The third-order valence-corrected chi connectivity index (χ3v) is 14.5. The van der Waals surface area contributed by atoms with Gasteiger partial charge in [-0.05, 0) is 107 Å². The van der Waals surface area contributed by atoms with Gasteiger partial charge in [0.15, 0.2) is 9.84 Å². The number of fused-ring (bicyclic) bond motifs is 4. The van der Waals surface area contributed by atoms with Gasteiger partial charge in [0.25, 0.3) is 0 Å². The van der Waals surface area contributed by atoms with E-state index in [9.17, 15) is 27.9 Å². The van der Waals surface area contributed by atoms with Crippen LogP contribution in [0.4, 0.5) is 21.0 Å². The highest BCUT2D eigenvalue weighted by Crippen LogP contribution is 2.49. The van der Waals surface area contributed by atoms with Crippen molar-refractivity contribution in [1.82, 2.24) is 9.80 Å². The summed E-state index contributed by atoms with van der Waals surface area (Å²) in [6.45, 7) is 22.1. The van der Waals surface area contributed by atoms with Gasteiger partial charge < -0.3 is 24.7 Å². The van der Waals surface area contributed by atoms with Crippen LogP contribution in [0.2, 0.25) is 25.7 Å². The largest absolute Gasteiger partial charge is 0.466 e. The fourth-order valence-electron chi connectivity index (χ4n) is 8.54. The number of hydrogen-bond donors (Lipinski definition) is 2. The number of aryl methyl sites for hydroxylation is 1. The van der Waals surface area contributed by atoms with Gasteiger partial charge in [-0.15, -0.1) is 0 Å². The van der Waals surface area contributed by atoms with Crippen LogP contribution >= 0.6 is 0 Å². The summed E-state index contributed by atoms with van der Waals surface area (Å²) in [4.78, 5) is 42.3. The summed E-state index contributed by atoms with van der Waals surface area (Å²) in [7, 11) is -4.52. The van der Waals surface area contributed by atoms with E-state index in [1.807, 2.05) is 6.92 Å². The number of sulfone groups is 1. The Morgan fingerprint density at radius 1 is 0.870 bits per heavy atom. The standard InChI is InChI=1S/C26H44N2O2Si.C14H16N2O6S/c1-8-30-24(29)11-9-10-21-12-13-23-22(18-21)26(14-15-28(20-26)25(2,3)4)19-27(23)16-17-31(5,6)7;1-23(21,22)9-2-3-11-10(6-9)14(8-16(11)13(19)20)4-5-15(7-14)12(17)18/h12-13,18H,8-11,14-17,19-20H2,1-7H3;2-3,6H,4-5,7-8H2,1H3,(H,17,18)(H,19,20). The monoisotopic (exact) mass is 784 g/mol. The van der Waals surface area contributed by atoms with E-state index in [0.717, 1.165) is 37.1 Å². The molecule has 2 unspecified atom stereocenters. The molecule has 12 nitrogen and oxygen atoms in total. The van der Waals surface area contributed by atoms with Crippen molar-refractivity contribution in [2.24, 2.45) is 0 Å². The molecule has 4 aliphatic heterocycles. The molecule has 2 aromatic rings. The lowest BCUT2D eigenvalue weighted by atomic mass is 9.80. The van der Waals surface area contributed by atoms with Gasteiger partial charge in [0, 0.05) is 82.1 Å². The summed E-state index contributed by atoms with van der Waals surface area (Å²) >= 11 is 0. The minimum Gasteiger partial charge on any atom is -0.466 e. The molecule has 2 saturated heterocycles. The molecule has 2 N–H and O–H groups in total. The topological polar surface area (TPSA) is 148 Å². The minimum atomic E-state index is -3.43. The summed E-state index contributed by atoms with van der Waals surface area (Å²) in [5.74, 6) is -0.0748. The molecule has 6 rings (SSSR count). The van der Waals surface area contributed by atoms with Crippen molar-refractivity contribution < 1.29 is 37.8 Å². The number of rotatable bonds is 9. The number of nitrogens with zero attached hydrogens (tertiary/aromatic N) is 4. The van der Waals surface area contributed by atoms with Crippen molar-refractivity contribution in [2.45, 2.75) is 107 Å². The molecule has 2 aromatic carbocycles. The van der Waals surface area contributed by atoms with Gasteiger partial charge in [-0.3, -0.25) is 14.6 Å². The zero-order chi connectivity index (χ0) is 39.9. The molecular formula is C40H60N4O8SSi. The average Bonchev–Trinajstić information content (AvgIpc) is 3.85. The van der Waals surface area contributed by atoms with Gasteiger partial charge in [-0.2, -0.15) is 0 Å². The first-order valence-electron chi connectivity index (χ1n) is 19.2. The fourth-order valence-corrected chi connectivity index (χ4v) is 10.1. The highest BCUT2D eigenvalue weighted by Gasteiger charge is 2.51. The number of esters is 1. The molecule has 0 radical (unpaired) electrons. The molecule has 0 aliphatic carbocycles. The van der Waals surface area contributed by atoms with Gasteiger partial charge in [0.05, 0.1) is 17.2 Å². The van der Waals surface area contributed by atoms with E-state index in [1.54, 1.807) is 5.56 Å². The maximum absolute atomic E-state index is 11.8. The van der Waals surface area contributed by atoms with Crippen LogP contribution in [0.25, 0.3) is 0 Å². The van der Waals surface area contributed by atoms with Crippen LogP contribution in [0.3, 0.4) is 0 Å². The molecule has 2 fully saturated rings. The Morgan fingerprint density at radius 2 is 1.52 bits per heavy atom. The average molecular weight is 785 g/mol. The maximum atomic E-state index is 11.8. The molecule has 2 spiro atoms. The Labute approximate surface area is 322 Å². The molecule has 4 aliphatic rings. The van der Waals surface area contributed by atoms with Crippen LogP contribution in [0.5, 0.6) is 0 Å². The lowest BCUT2D eigenvalue weighted by Crippen LogP contribution is -2.43. The zero-order valence-electron chi connectivity index (χ0n) is 33.4. The highest BCUT2D eigenvalue weighted by atomic mass is 32.2. The molecule has 0 bridgehead atoms. The van der Waals surface area contributed by atoms with Crippen LogP contribution in [0.1, 0.15) is 70.1 Å². The summed E-state index contributed by atoms with van der Waals surface area (Å²) < 4.78 is 28.7. The van der Waals surface area contributed by atoms with Gasteiger partial charge >= 0.3 is 18.2 Å². The lowest BCUT2D eigenvalue weighted by molar-refractivity contribution is -0.143. The van der Waals surface area contributed by atoms with Gasteiger partial charge in [0.2, 0.25) is 0 Å². The van der Waals surface area contributed by atoms with Crippen molar-refractivity contribution in [3.63, 3.8) is 0 Å². The Bertz CT molecular complexity index is 1860. The second-order valence-corrected chi connectivity index (χ2v) is 25.6. The van der Waals surface area contributed by atoms with Crippen LogP contribution in [0.15, 0.2) is 41.3 Å². The molecular weight excluding hydrogens is 725 g/mol. The third-order valence-electron chi connectivity index (χ3n) is 11.6. The number of carbonyl (C=O) groups is 3. The number of likely N-dealkylation sites (tertiary alicyclic amines) is 2. The highest BCUT2D eigenvalue weighted by molar-refractivity contribution is 7.90. The molecule has 298 valence electrons. The molecule has 54 heavy (non-hydrogen) atoms. The fraction of sp³-hybridized carbons (Fsp3) is 0.625. The van der Waals surface area contributed by atoms with Gasteiger partial charge in [-0.1, -0.05) is 31.8 Å². The number of amides is 2. The minimum absolute atomic E-state index is 0.0748. The third kappa shape index (κ3) is 9.08. The van der Waals surface area contributed by atoms with Crippen molar-refractivity contribution >= 4 is 47.4 Å². The molecule has 14 heteroatoms. The van der Waals surface area contributed by atoms with E-state index < -0.39 is 35.5 Å². The molecule has 0 saturated carbocycles. The number of hydrogen-bond acceptors (Lipinski definition) is 8. The second kappa shape index (κ2) is 15.5. The van der Waals surface area contributed by atoms with E-state index in [1.165, 1.54) is 59.9 Å². The van der Waals surface area contributed by atoms with E-state index in [4.69, 9.17) is 9.84 Å². The molecule has 4 heterocycles. The SMILES string of the molecule is CCOC(=O)CCCc1ccc2c(c1)C1(CCN(C(C)(C)C)C1)CN2CC[Si](C)(C)C.CS(=O)(=O)c1ccc2c(c1)C1(CCN(C(=O)O)C1)CN2C(=O)O. The number of carboxylic acid groups (broad SMARTS) is 2. The Morgan fingerprint density at radius 3 is 2.09 bits per heavy atom. The van der Waals surface area contributed by atoms with Crippen LogP contribution in [-0.2, 0) is 36.6 Å². The van der Waals surface area contributed by atoms with E-state index in [2.05, 4.69) is 68.4 Å². The second-order valence-electron chi connectivity index (χ2n) is 17.9. The predicted octanol–water partition coefficient (Wildman–Crippen LogP) is 6.68. The summed E-state index contributed by atoms with van der Waals surface area (Å²) in [6, 6.07) is 12.8. The molecule has 2 amide bonds. The first-order chi connectivity index (χ1) is 25.1. The van der Waals surface area contributed by atoms with Gasteiger partial charge in [-0.25, -0.2) is 18.0 Å². The molecule has 0 aromatic heterocycles. The summed E-state index contributed by atoms with van der Waals surface area (Å²) in [5.41, 5.74) is 5.18. The van der Waals surface area contributed by atoms with Crippen LogP contribution < -0.4 is 9.80 Å². The van der Waals surface area contributed by atoms with Crippen LogP contribution in [0, 0.1) is 0 Å². The Hall–Kier alpha value is -3.62. The van der Waals surface area contributed by atoms with Crippen molar-refractivity contribution in [2.75, 3.05) is 68.5 Å². The predicted molar refractivity (Wildman–Crippen MR) is 215 cm³/mol. The maximum Gasteiger partial charge on any atom is 0.411 e. The first kappa shape index (κ1) is 41.5. The number of anilines is 2. The van der Waals surface area contributed by atoms with Crippen molar-refractivity contribution in [3.8, 4) is 0 Å². The molecule has 2 atom stereocenters. The normalized spacial score (nSPS) is 22.4. The van der Waals surface area contributed by atoms with E-state index in [0.29, 0.717) is 37.2 Å². The zero-order valence-corrected chi connectivity index (χ0v) is 35.2. The Balaban J connectivity index is 0.000000217.